The van der Waals surface area contributed by atoms with E-state index in [-0.39, 0.29) is 0 Å². The maximum absolute atomic E-state index is 5.09. The minimum absolute atomic E-state index is 0.516. The fourth-order valence-corrected chi connectivity index (χ4v) is 7.63. The highest BCUT2D eigenvalue weighted by molar-refractivity contribution is 5.57. The number of fused-ring (bicyclic) bond motifs is 3. The van der Waals surface area contributed by atoms with Crippen molar-refractivity contribution in [1.29, 1.82) is 0 Å². The Morgan fingerprint density at radius 3 is 1.17 bits per heavy atom. The van der Waals surface area contributed by atoms with Crippen molar-refractivity contribution >= 4 is 59.2 Å². The summed E-state index contributed by atoms with van der Waals surface area (Å²) in [5.41, 5.74) is 2.18. The van der Waals surface area contributed by atoms with Gasteiger partial charge in [-0.3, -0.25) is 0 Å². The number of unbranched alkanes of at least 4 members (excludes halogenated alkanes) is 2. The first-order valence-electron chi connectivity index (χ1n) is 20.8. The molecule has 7 aliphatic rings. The molecule has 5 aromatic rings. The van der Waals surface area contributed by atoms with Gasteiger partial charge in [-0.15, -0.1) is 0 Å². The van der Waals surface area contributed by atoms with Crippen LogP contribution in [0, 0.1) is 0 Å². The lowest BCUT2D eigenvalue weighted by Gasteiger charge is -2.36. The molecule has 3 aromatic heterocycles. The predicted molar refractivity (Wildman–Crippen MR) is 229 cm³/mol. The van der Waals surface area contributed by atoms with E-state index in [4.69, 9.17) is 44.9 Å². The number of hydrogen-bond acceptors (Lipinski definition) is 18. The maximum atomic E-state index is 5.09. The number of aromatic nitrogens is 9. The molecule has 3 N–H and O–H groups in total. The summed E-state index contributed by atoms with van der Waals surface area (Å²) >= 11 is 0. The highest BCUT2D eigenvalue weighted by Crippen LogP contribution is 2.27. The zero-order valence-corrected chi connectivity index (χ0v) is 33.2. The number of nitrogens with zero attached hydrogens (tertiary/aromatic N) is 15. The fraction of sp³-hybridized carbons (Fsp3) is 0.475. The lowest BCUT2D eigenvalue weighted by Crippen LogP contribution is -2.49. The molecule has 12 bridgehead atoms. The van der Waals surface area contributed by atoms with Crippen molar-refractivity contribution in [3.63, 3.8) is 0 Å². The van der Waals surface area contributed by atoms with Crippen molar-refractivity contribution < 1.29 is 0 Å². The van der Waals surface area contributed by atoms with Gasteiger partial charge in [-0.25, -0.2) is 0 Å². The van der Waals surface area contributed by atoms with Gasteiger partial charge in [-0.1, -0.05) is 68.3 Å². The van der Waals surface area contributed by atoms with Gasteiger partial charge in [0.25, 0.3) is 0 Å². The average Bonchev–Trinajstić information content (AvgIpc) is 3.28. The van der Waals surface area contributed by atoms with Gasteiger partial charge in [-0.2, -0.15) is 44.9 Å². The van der Waals surface area contributed by atoms with Crippen molar-refractivity contribution in [2.45, 2.75) is 32.6 Å². The molecule has 0 amide bonds. The second kappa shape index (κ2) is 17.4. The van der Waals surface area contributed by atoms with Crippen LogP contribution in [0.5, 0.6) is 0 Å². The van der Waals surface area contributed by atoms with E-state index < -0.39 is 0 Å². The maximum Gasteiger partial charge on any atom is 0.233 e. The number of rotatable bonds is 11. The van der Waals surface area contributed by atoms with Gasteiger partial charge in [0.2, 0.25) is 53.5 Å². The third-order valence-corrected chi connectivity index (χ3v) is 11.0. The Morgan fingerprint density at radius 2 is 0.776 bits per heavy atom. The van der Waals surface area contributed by atoms with Crippen LogP contribution in [-0.4, -0.2) is 136 Å². The number of hydrogen-bond donors (Lipinski definition) is 3. The Morgan fingerprint density at radius 1 is 0.414 bits per heavy atom. The predicted octanol–water partition coefficient (Wildman–Crippen LogP) is 3.54. The van der Waals surface area contributed by atoms with Gasteiger partial charge in [-0.05, 0) is 30.5 Å². The fourth-order valence-electron chi connectivity index (χ4n) is 7.63. The highest BCUT2D eigenvalue weighted by Gasteiger charge is 2.29. The van der Waals surface area contributed by atoms with Crippen LogP contribution in [0.4, 0.5) is 59.2 Å². The van der Waals surface area contributed by atoms with Crippen LogP contribution < -0.4 is 45.3 Å². The number of anilines is 10. The van der Waals surface area contributed by atoms with Crippen LogP contribution in [0.1, 0.15) is 31.7 Å². The summed E-state index contributed by atoms with van der Waals surface area (Å²) in [5.74, 6) is 5.72. The molecule has 2 aromatic carbocycles. The summed E-state index contributed by atoms with van der Waals surface area (Å²) in [7, 11) is 0. The molecule has 0 aliphatic carbocycles. The first kappa shape index (κ1) is 37.3. The lowest BCUT2D eigenvalue weighted by molar-refractivity contribution is 0.612. The summed E-state index contributed by atoms with van der Waals surface area (Å²) in [5, 5.41) is 10.4. The molecular formula is C40H52N18. The van der Waals surface area contributed by atoms with Crippen molar-refractivity contribution in [3.8, 4) is 0 Å². The third-order valence-electron chi connectivity index (χ3n) is 11.0. The van der Waals surface area contributed by atoms with Gasteiger partial charge in [0.15, 0.2) is 0 Å². The third kappa shape index (κ3) is 8.79. The van der Waals surface area contributed by atoms with E-state index in [9.17, 15) is 0 Å². The first-order chi connectivity index (χ1) is 28.6. The number of piperazine rings is 3. The highest BCUT2D eigenvalue weighted by atomic mass is 15.5. The number of nitrogens with one attached hydrogen (secondary N) is 3. The molecule has 18 nitrogen and oxygen atoms in total. The SMILES string of the molecule is CCCCCNc1nc2nc(n1)N1CCN(CC1)c1nc(Nc3ccccc3)nc(n1)N1CCN(CC1)c1nc(NCCc3ccccc3)nc(n1)N1CCN2CC1. The largest absolute Gasteiger partial charge is 0.354 e. The normalized spacial score (nSPS) is 16.4. The van der Waals surface area contributed by atoms with Gasteiger partial charge in [0, 0.05) is 97.3 Å². The molecule has 58 heavy (non-hydrogen) atoms. The number of para-hydroxylation sites is 1. The average molecular weight is 785 g/mol. The van der Waals surface area contributed by atoms with Crippen molar-refractivity contribution in [1.82, 2.24) is 44.9 Å². The Balaban J connectivity index is 1.04. The van der Waals surface area contributed by atoms with Crippen molar-refractivity contribution in [2.75, 3.05) is 137 Å². The second-order valence-corrected chi connectivity index (χ2v) is 15.0. The van der Waals surface area contributed by atoms with E-state index in [1.807, 2.05) is 36.4 Å². The Bertz CT molecular complexity index is 2100. The van der Waals surface area contributed by atoms with E-state index in [2.05, 4.69) is 76.5 Å². The van der Waals surface area contributed by atoms with Crippen LogP contribution in [0.15, 0.2) is 60.7 Å². The molecule has 7 aliphatic heterocycles. The standard InChI is InChI=1S/C40H52N18/c1-2-3-10-16-41-32-44-35-50-36(45-32)54-22-26-57(27-23-54)39-48-34(43-31-13-8-5-9-14-31)49-40(52-39)58-28-24-56(25-29-58)38-47-33(42-17-15-30-11-6-4-7-12-30)46-37(51-38)55-20-18-53(35)19-21-55/h4-9,11-14H,2-3,10,15-29H2,1H3,(H,41,44,45,50)(H,42,46,47,51)(H,43,48,49,52). The Labute approximate surface area is 339 Å². The molecule has 302 valence electrons. The first-order valence-corrected chi connectivity index (χ1v) is 20.8. The molecular weight excluding hydrogens is 733 g/mol. The molecule has 0 atom stereocenters. The van der Waals surface area contributed by atoms with Gasteiger partial charge >= 0.3 is 0 Å². The van der Waals surface area contributed by atoms with Gasteiger partial charge in [0.1, 0.15) is 0 Å². The van der Waals surface area contributed by atoms with Crippen molar-refractivity contribution in [2.24, 2.45) is 0 Å². The summed E-state index contributed by atoms with van der Waals surface area (Å²) in [6.45, 7) is 12.3. The van der Waals surface area contributed by atoms with Crippen LogP contribution in [0.2, 0.25) is 0 Å². The Hall–Kier alpha value is -6.33. The van der Waals surface area contributed by atoms with Crippen LogP contribution >= 0.6 is 0 Å². The van der Waals surface area contributed by atoms with Crippen LogP contribution in [0.25, 0.3) is 0 Å². The van der Waals surface area contributed by atoms with Crippen LogP contribution in [-0.2, 0) is 6.42 Å². The van der Waals surface area contributed by atoms with E-state index in [0.29, 0.717) is 99.3 Å². The molecule has 10 heterocycles. The van der Waals surface area contributed by atoms with E-state index in [1.165, 1.54) is 5.56 Å². The molecule has 18 heteroatoms. The quantitative estimate of drug-likeness (QED) is 0.166. The van der Waals surface area contributed by atoms with E-state index in [0.717, 1.165) is 77.2 Å². The Kier molecular flexibility index (Phi) is 11.2. The van der Waals surface area contributed by atoms with E-state index >= 15 is 0 Å². The summed E-state index contributed by atoms with van der Waals surface area (Å²) in [4.78, 5) is 58.5. The minimum atomic E-state index is 0.516. The lowest BCUT2D eigenvalue weighted by atomic mass is 10.1. The molecule has 3 saturated heterocycles. The molecule has 12 rings (SSSR count). The monoisotopic (exact) mass is 784 g/mol. The molecule has 0 saturated carbocycles. The zero-order valence-electron chi connectivity index (χ0n) is 33.2. The smallest absolute Gasteiger partial charge is 0.233 e. The summed E-state index contributed by atoms with van der Waals surface area (Å²) < 4.78 is 0. The summed E-state index contributed by atoms with van der Waals surface area (Å²) in [6.07, 6.45) is 4.23. The molecule has 0 spiro atoms. The topological polar surface area (TPSA) is 172 Å². The van der Waals surface area contributed by atoms with Crippen LogP contribution in [0.3, 0.4) is 0 Å². The van der Waals surface area contributed by atoms with Crippen molar-refractivity contribution in [3.05, 3.63) is 66.2 Å². The molecule has 3 fully saturated rings. The van der Waals surface area contributed by atoms with E-state index in [1.54, 1.807) is 0 Å². The van der Waals surface area contributed by atoms with Gasteiger partial charge in [0.05, 0.1) is 0 Å². The second-order valence-electron chi connectivity index (χ2n) is 15.0. The van der Waals surface area contributed by atoms with Gasteiger partial charge < -0.3 is 45.3 Å². The molecule has 0 unspecified atom stereocenters. The zero-order chi connectivity index (χ0) is 39.1. The minimum Gasteiger partial charge on any atom is -0.354 e. The molecule has 0 radical (unpaired) electrons. The number of benzene rings is 2. The summed E-state index contributed by atoms with van der Waals surface area (Å²) in [6, 6.07) is 20.5.